The highest BCUT2D eigenvalue weighted by molar-refractivity contribution is 5.99. The summed E-state index contributed by atoms with van der Waals surface area (Å²) in [6.07, 6.45) is 1.61. The SMILES string of the molecule is Cc1cccnc1NC(=O)CNC(=O)c1ccc(-c2ccccc2)cc1. The molecule has 0 saturated heterocycles. The third kappa shape index (κ3) is 4.33. The molecular weight excluding hydrogens is 326 g/mol. The second-order valence-corrected chi connectivity index (χ2v) is 5.84. The van der Waals surface area contributed by atoms with E-state index in [1.54, 1.807) is 24.4 Å². The molecule has 0 spiro atoms. The average molecular weight is 345 g/mol. The van der Waals surface area contributed by atoms with Gasteiger partial charge in [0.05, 0.1) is 6.54 Å². The summed E-state index contributed by atoms with van der Waals surface area (Å²) in [7, 11) is 0. The lowest BCUT2D eigenvalue weighted by molar-refractivity contribution is -0.115. The third-order valence-corrected chi connectivity index (χ3v) is 3.93. The van der Waals surface area contributed by atoms with E-state index >= 15 is 0 Å². The van der Waals surface area contributed by atoms with Crippen molar-refractivity contribution in [2.24, 2.45) is 0 Å². The molecule has 0 bridgehead atoms. The summed E-state index contributed by atoms with van der Waals surface area (Å²) < 4.78 is 0. The number of anilines is 1. The van der Waals surface area contributed by atoms with Gasteiger partial charge in [0.25, 0.3) is 5.91 Å². The van der Waals surface area contributed by atoms with E-state index < -0.39 is 0 Å². The van der Waals surface area contributed by atoms with Gasteiger partial charge in [-0.1, -0.05) is 48.5 Å². The Morgan fingerprint density at radius 3 is 2.27 bits per heavy atom. The zero-order valence-electron chi connectivity index (χ0n) is 14.4. The highest BCUT2D eigenvalue weighted by Gasteiger charge is 2.10. The van der Waals surface area contributed by atoms with E-state index in [2.05, 4.69) is 15.6 Å². The van der Waals surface area contributed by atoms with Crippen LogP contribution >= 0.6 is 0 Å². The second kappa shape index (κ2) is 8.07. The maximum absolute atomic E-state index is 12.2. The van der Waals surface area contributed by atoms with Crippen LogP contribution in [0.25, 0.3) is 11.1 Å². The van der Waals surface area contributed by atoms with Crippen LogP contribution in [0.15, 0.2) is 72.9 Å². The van der Waals surface area contributed by atoms with E-state index in [-0.39, 0.29) is 18.4 Å². The molecule has 0 aliphatic carbocycles. The molecule has 26 heavy (non-hydrogen) atoms. The molecule has 5 heteroatoms. The van der Waals surface area contributed by atoms with Crippen LogP contribution in [0.2, 0.25) is 0 Å². The molecule has 1 heterocycles. The number of carbonyl (C=O) groups is 2. The molecule has 2 N–H and O–H groups in total. The van der Waals surface area contributed by atoms with E-state index in [0.29, 0.717) is 11.4 Å². The van der Waals surface area contributed by atoms with Gasteiger partial charge < -0.3 is 10.6 Å². The number of nitrogens with one attached hydrogen (secondary N) is 2. The van der Waals surface area contributed by atoms with Crippen molar-refractivity contribution in [3.63, 3.8) is 0 Å². The lowest BCUT2D eigenvalue weighted by Gasteiger charge is -2.08. The lowest BCUT2D eigenvalue weighted by atomic mass is 10.0. The maximum atomic E-state index is 12.2. The first-order valence-electron chi connectivity index (χ1n) is 8.28. The van der Waals surface area contributed by atoms with Crippen molar-refractivity contribution >= 4 is 17.6 Å². The normalized spacial score (nSPS) is 10.2. The molecule has 3 rings (SSSR count). The van der Waals surface area contributed by atoms with Crippen LogP contribution in [-0.2, 0) is 4.79 Å². The number of rotatable bonds is 5. The fourth-order valence-corrected chi connectivity index (χ4v) is 2.50. The van der Waals surface area contributed by atoms with Gasteiger partial charge in [-0.3, -0.25) is 9.59 Å². The molecule has 0 atom stereocenters. The van der Waals surface area contributed by atoms with Gasteiger partial charge >= 0.3 is 0 Å². The van der Waals surface area contributed by atoms with Crippen LogP contribution in [0.1, 0.15) is 15.9 Å². The van der Waals surface area contributed by atoms with E-state index in [1.165, 1.54) is 0 Å². The van der Waals surface area contributed by atoms with E-state index in [9.17, 15) is 9.59 Å². The number of hydrogen-bond acceptors (Lipinski definition) is 3. The number of pyridine rings is 1. The first kappa shape index (κ1) is 17.4. The molecule has 5 nitrogen and oxygen atoms in total. The molecule has 0 aliphatic heterocycles. The Kier molecular flexibility index (Phi) is 5.39. The summed E-state index contributed by atoms with van der Waals surface area (Å²) in [6, 6.07) is 20.9. The molecule has 130 valence electrons. The quantitative estimate of drug-likeness (QED) is 0.744. The van der Waals surface area contributed by atoms with Crippen molar-refractivity contribution < 1.29 is 9.59 Å². The molecule has 1 aromatic heterocycles. The maximum Gasteiger partial charge on any atom is 0.251 e. The lowest BCUT2D eigenvalue weighted by Crippen LogP contribution is -2.33. The molecular formula is C21H19N3O2. The fraction of sp³-hybridized carbons (Fsp3) is 0.0952. The molecule has 2 amide bonds. The van der Waals surface area contributed by atoms with Crippen molar-refractivity contribution in [3.05, 3.63) is 84.1 Å². The highest BCUT2D eigenvalue weighted by atomic mass is 16.2. The number of amides is 2. The van der Waals surface area contributed by atoms with Crippen molar-refractivity contribution in [1.82, 2.24) is 10.3 Å². The molecule has 0 fully saturated rings. The monoisotopic (exact) mass is 345 g/mol. The van der Waals surface area contributed by atoms with Crippen LogP contribution in [0.4, 0.5) is 5.82 Å². The Labute approximate surface area is 152 Å². The second-order valence-electron chi connectivity index (χ2n) is 5.84. The van der Waals surface area contributed by atoms with Gasteiger partial charge in [-0.25, -0.2) is 4.98 Å². The van der Waals surface area contributed by atoms with Crippen molar-refractivity contribution in [2.45, 2.75) is 6.92 Å². The average Bonchev–Trinajstić information content (AvgIpc) is 2.69. The van der Waals surface area contributed by atoms with Gasteiger partial charge in [0.1, 0.15) is 5.82 Å². The summed E-state index contributed by atoms with van der Waals surface area (Å²) >= 11 is 0. The Morgan fingerprint density at radius 2 is 1.58 bits per heavy atom. The van der Waals surface area contributed by atoms with E-state index in [1.807, 2.05) is 55.5 Å². The highest BCUT2D eigenvalue weighted by Crippen LogP contribution is 2.19. The van der Waals surface area contributed by atoms with Gasteiger partial charge in [0.2, 0.25) is 5.91 Å². The first-order valence-corrected chi connectivity index (χ1v) is 8.28. The predicted octanol–water partition coefficient (Wildman–Crippen LogP) is 3.43. The molecule has 2 aromatic carbocycles. The molecule has 0 radical (unpaired) electrons. The number of hydrogen-bond donors (Lipinski definition) is 2. The minimum atomic E-state index is -0.318. The van der Waals surface area contributed by atoms with Crippen LogP contribution in [-0.4, -0.2) is 23.3 Å². The first-order chi connectivity index (χ1) is 12.6. The Bertz CT molecular complexity index is 906. The number of benzene rings is 2. The van der Waals surface area contributed by atoms with Gasteiger partial charge in [-0.15, -0.1) is 0 Å². The van der Waals surface area contributed by atoms with Crippen LogP contribution < -0.4 is 10.6 Å². The minimum Gasteiger partial charge on any atom is -0.343 e. The van der Waals surface area contributed by atoms with Gasteiger partial charge in [0, 0.05) is 11.8 Å². The zero-order valence-corrected chi connectivity index (χ0v) is 14.4. The van der Waals surface area contributed by atoms with Gasteiger partial charge in [0.15, 0.2) is 0 Å². The third-order valence-electron chi connectivity index (χ3n) is 3.93. The van der Waals surface area contributed by atoms with Gasteiger partial charge in [-0.2, -0.15) is 0 Å². The minimum absolute atomic E-state index is 0.116. The Morgan fingerprint density at radius 1 is 0.885 bits per heavy atom. The van der Waals surface area contributed by atoms with Crippen molar-refractivity contribution in [3.8, 4) is 11.1 Å². The Hall–Kier alpha value is -3.47. The van der Waals surface area contributed by atoms with Crippen molar-refractivity contribution in [2.75, 3.05) is 11.9 Å². The standard InChI is InChI=1S/C21H19N3O2/c1-15-6-5-13-22-20(15)24-19(25)14-23-21(26)18-11-9-17(10-12-18)16-7-3-2-4-8-16/h2-13H,14H2,1H3,(H,23,26)(H,22,24,25). The van der Waals surface area contributed by atoms with Crippen LogP contribution in [0.5, 0.6) is 0 Å². The van der Waals surface area contributed by atoms with Crippen molar-refractivity contribution in [1.29, 1.82) is 0 Å². The summed E-state index contributed by atoms with van der Waals surface area (Å²) in [5, 5.41) is 5.30. The summed E-state index contributed by atoms with van der Waals surface area (Å²) in [4.78, 5) is 28.3. The predicted molar refractivity (Wildman–Crippen MR) is 102 cm³/mol. The van der Waals surface area contributed by atoms with Crippen LogP contribution in [0, 0.1) is 6.92 Å². The van der Waals surface area contributed by atoms with E-state index in [4.69, 9.17) is 0 Å². The number of aryl methyl sites for hydroxylation is 1. The smallest absolute Gasteiger partial charge is 0.251 e. The zero-order chi connectivity index (χ0) is 18.4. The summed E-state index contributed by atoms with van der Waals surface area (Å²) in [5.74, 6) is -0.113. The molecule has 0 unspecified atom stereocenters. The molecule has 0 saturated carbocycles. The Balaban J connectivity index is 1.56. The molecule has 0 aliphatic rings. The summed E-state index contributed by atoms with van der Waals surface area (Å²) in [5.41, 5.74) is 3.49. The largest absolute Gasteiger partial charge is 0.343 e. The van der Waals surface area contributed by atoms with E-state index in [0.717, 1.165) is 16.7 Å². The topological polar surface area (TPSA) is 71.1 Å². The number of aromatic nitrogens is 1. The molecule has 3 aromatic rings. The number of carbonyl (C=O) groups excluding carboxylic acids is 2. The van der Waals surface area contributed by atoms with Gasteiger partial charge in [-0.05, 0) is 41.8 Å². The number of nitrogens with zero attached hydrogens (tertiary/aromatic N) is 1. The summed E-state index contributed by atoms with van der Waals surface area (Å²) in [6.45, 7) is 1.74. The van der Waals surface area contributed by atoms with Crippen LogP contribution in [0.3, 0.4) is 0 Å². The fourth-order valence-electron chi connectivity index (χ4n) is 2.50.